The Bertz CT molecular complexity index is 768. The van der Waals surface area contributed by atoms with Crippen molar-refractivity contribution < 1.29 is 13.9 Å². The third kappa shape index (κ3) is 3.31. The molecule has 5 heteroatoms. The average Bonchev–Trinajstić information content (AvgIpc) is 2.90. The second-order valence-corrected chi connectivity index (χ2v) is 6.95. The second-order valence-electron chi connectivity index (χ2n) is 6.95. The van der Waals surface area contributed by atoms with Gasteiger partial charge in [0.05, 0.1) is 18.8 Å². The normalized spacial score (nSPS) is 23.3. The number of hydrogen-bond donors (Lipinski definition) is 0. The van der Waals surface area contributed by atoms with E-state index in [9.17, 15) is 9.18 Å². The van der Waals surface area contributed by atoms with Gasteiger partial charge in [-0.2, -0.15) is 0 Å². The minimum absolute atomic E-state index is 0.153. The van der Waals surface area contributed by atoms with E-state index in [0.29, 0.717) is 32.3 Å². The summed E-state index contributed by atoms with van der Waals surface area (Å²) in [6, 6.07) is 16.9. The van der Waals surface area contributed by atoms with Gasteiger partial charge in [-0.1, -0.05) is 30.3 Å². The number of likely N-dealkylation sites (tertiary alicyclic amines) is 1. The van der Waals surface area contributed by atoms with Crippen LogP contribution in [0.15, 0.2) is 54.6 Å². The molecular formula is C21H23FN2O2. The minimum atomic E-state index is -0.456. The SMILES string of the molecule is O=C(c1ccccc1F)N1CC[C@H]2[C@@H](COCCN2c2ccccc2)C1. The number of para-hydroxylation sites is 1. The van der Waals surface area contributed by atoms with E-state index in [1.54, 1.807) is 23.1 Å². The van der Waals surface area contributed by atoms with E-state index < -0.39 is 5.82 Å². The average molecular weight is 354 g/mol. The van der Waals surface area contributed by atoms with Crippen molar-refractivity contribution in [1.29, 1.82) is 0 Å². The lowest BCUT2D eigenvalue weighted by Gasteiger charge is -2.43. The predicted molar refractivity (Wildman–Crippen MR) is 98.8 cm³/mol. The lowest BCUT2D eigenvalue weighted by Crippen LogP contribution is -2.53. The molecule has 0 radical (unpaired) electrons. The van der Waals surface area contributed by atoms with Gasteiger partial charge in [0.15, 0.2) is 0 Å². The van der Waals surface area contributed by atoms with Crippen molar-refractivity contribution >= 4 is 11.6 Å². The Morgan fingerprint density at radius 3 is 2.62 bits per heavy atom. The van der Waals surface area contributed by atoms with Crippen LogP contribution in [-0.2, 0) is 4.74 Å². The van der Waals surface area contributed by atoms with Crippen LogP contribution in [0, 0.1) is 11.7 Å². The summed E-state index contributed by atoms with van der Waals surface area (Å²) >= 11 is 0. The molecule has 26 heavy (non-hydrogen) atoms. The van der Waals surface area contributed by atoms with Crippen LogP contribution in [0.4, 0.5) is 10.1 Å². The second kappa shape index (κ2) is 7.46. The van der Waals surface area contributed by atoms with E-state index in [1.165, 1.54) is 11.8 Å². The Morgan fingerprint density at radius 1 is 1.04 bits per heavy atom. The maximum Gasteiger partial charge on any atom is 0.256 e. The molecule has 0 unspecified atom stereocenters. The summed E-state index contributed by atoms with van der Waals surface area (Å²) in [7, 11) is 0. The first-order valence-corrected chi connectivity index (χ1v) is 9.17. The van der Waals surface area contributed by atoms with Gasteiger partial charge in [-0.05, 0) is 30.7 Å². The van der Waals surface area contributed by atoms with Gasteiger partial charge in [0, 0.05) is 37.3 Å². The number of benzene rings is 2. The number of hydrogen-bond acceptors (Lipinski definition) is 3. The fourth-order valence-electron chi connectivity index (χ4n) is 4.09. The predicted octanol–water partition coefficient (Wildman–Crippen LogP) is 3.19. The maximum absolute atomic E-state index is 14.0. The summed E-state index contributed by atoms with van der Waals surface area (Å²) in [5.74, 6) is -0.457. The number of carbonyl (C=O) groups excluding carboxylic acids is 1. The highest BCUT2D eigenvalue weighted by Gasteiger charge is 2.37. The fraction of sp³-hybridized carbons (Fsp3) is 0.381. The van der Waals surface area contributed by atoms with Crippen LogP contribution >= 0.6 is 0 Å². The zero-order chi connectivity index (χ0) is 17.9. The number of amides is 1. The first kappa shape index (κ1) is 17.0. The zero-order valence-corrected chi connectivity index (χ0v) is 14.7. The van der Waals surface area contributed by atoms with Crippen LogP contribution in [-0.4, -0.2) is 49.7 Å². The molecule has 0 bridgehead atoms. The Balaban J connectivity index is 1.53. The first-order chi connectivity index (χ1) is 12.7. The summed E-state index contributed by atoms with van der Waals surface area (Å²) < 4.78 is 19.8. The summed E-state index contributed by atoms with van der Waals surface area (Å²) in [4.78, 5) is 16.9. The van der Waals surface area contributed by atoms with Crippen molar-refractivity contribution in [1.82, 2.24) is 4.90 Å². The quantitative estimate of drug-likeness (QED) is 0.830. The third-order valence-electron chi connectivity index (χ3n) is 5.38. The number of rotatable bonds is 2. The zero-order valence-electron chi connectivity index (χ0n) is 14.7. The maximum atomic E-state index is 14.0. The van der Waals surface area contributed by atoms with Crippen molar-refractivity contribution in [3.63, 3.8) is 0 Å². The topological polar surface area (TPSA) is 32.8 Å². The monoisotopic (exact) mass is 354 g/mol. The Morgan fingerprint density at radius 2 is 1.81 bits per heavy atom. The highest BCUT2D eigenvalue weighted by Crippen LogP contribution is 2.30. The van der Waals surface area contributed by atoms with E-state index in [4.69, 9.17) is 4.74 Å². The molecule has 2 saturated heterocycles. The van der Waals surface area contributed by atoms with Crippen molar-refractivity contribution in [3.8, 4) is 0 Å². The molecule has 0 saturated carbocycles. The Hall–Kier alpha value is -2.40. The van der Waals surface area contributed by atoms with E-state index in [2.05, 4.69) is 17.0 Å². The molecule has 2 aliphatic rings. The molecule has 0 spiro atoms. The summed E-state index contributed by atoms with van der Waals surface area (Å²) in [6.45, 7) is 3.41. The van der Waals surface area contributed by atoms with Crippen molar-refractivity contribution in [2.45, 2.75) is 12.5 Å². The van der Waals surface area contributed by atoms with Crippen LogP contribution in [0.5, 0.6) is 0 Å². The van der Waals surface area contributed by atoms with Gasteiger partial charge in [-0.3, -0.25) is 4.79 Å². The van der Waals surface area contributed by atoms with E-state index >= 15 is 0 Å². The van der Waals surface area contributed by atoms with Crippen molar-refractivity contribution in [3.05, 3.63) is 66.0 Å². The molecule has 0 aromatic heterocycles. The molecule has 4 nitrogen and oxygen atoms in total. The van der Waals surface area contributed by atoms with Crippen LogP contribution < -0.4 is 4.90 Å². The van der Waals surface area contributed by atoms with Crippen LogP contribution in [0.1, 0.15) is 16.8 Å². The number of piperidine rings is 1. The van der Waals surface area contributed by atoms with Gasteiger partial charge < -0.3 is 14.5 Å². The molecule has 2 aromatic rings. The molecular weight excluding hydrogens is 331 g/mol. The molecule has 2 aliphatic heterocycles. The number of ether oxygens (including phenoxy) is 1. The Kier molecular flexibility index (Phi) is 4.89. The van der Waals surface area contributed by atoms with Gasteiger partial charge in [-0.25, -0.2) is 4.39 Å². The largest absolute Gasteiger partial charge is 0.379 e. The summed E-state index contributed by atoms with van der Waals surface area (Å²) in [6.07, 6.45) is 0.864. The highest BCUT2D eigenvalue weighted by molar-refractivity contribution is 5.94. The first-order valence-electron chi connectivity index (χ1n) is 9.17. The Labute approximate surface area is 153 Å². The molecule has 2 atom stereocenters. The number of halogens is 1. The molecule has 4 rings (SSSR count). The molecule has 2 fully saturated rings. The van der Waals surface area contributed by atoms with Gasteiger partial charge >= 0.3 is 0 Å². The van der Waals surface area contributed by atoms with Crippen LogP contribution in [0.2, 0.25) is 0 Å². The van der Waals surface area contributed by atoms with Gasteiger partial charge in [0.1, 0.15) is 5.82 Å². The van der Waals surface area contributed by atoms with E-state index in [0.717, 1.165) is 13.0 Å². The van der Waals surface area contributed by atoms with Crippen molar-refractivity contribution in [2.75, 3.05) is 37.7 Å². The minimum Gasteiger partial charge on any atom is -0.379 e. The molecule has 1 amide bonds. The van der Waals surface area contributed by atoms with Crippen LogP contribution in [0.3, 0.4) is 0 Å². The highest BCUT2D eigenvalue weighted by atomic mass is 19.1. The molecule has 2 heterocycles. The van der Waals surface area contributed by atoms with E-state index in [-0.39, 0.29) is 17.4 Å². The fourth-order valence-corrected chi connectivity index (χ4v) is 4.09. The van der Waals surface area contributed by atoms with Gasteiger partial charge in [0.2, 0.25) is 0 Å². The number of nitrogens with zero attached hydrogens (tertiary/aromatic N) is 2. The number of carbonyl (C=O) groups is 1. The van der Waals surface area contributed by atoms with Crippen LogP contribution in [0.25, 0.3) is 0 Å². The number of anilines is 1. The molecule has 2 aromatic carbocycles. The van der Waals surface area contributed by atoms with Gasteiger partial charge in [-0.15, -0.1) is 0 Å². The molecule has 0 N–H and O–H groups in total. The lowest BCUT2D eigenvalue weighted by atomic mass is 9.90. The third-order valence-corrected chi connectivity index (χ3v) is 5.38. The summed E-state index contributed by atoms with van der Waals surface area (Å²) in [5.41, 5.74) is 1.35. The number of fused-ring (bicyclic) bond motifs is 1. The lowest BCUT2D eigenvalue weighted by molar-refractivity contribution is 0.0517. The molecule has 136 valence electrons. The summed E-state index contributed by atoms with van der Waals surface area (Å²) in [5, 5.41) is 0. The van der Waals surface area contributed by atoms with Gasteiger partial charge in [0.25, 0.3) is 5.91 Å². The standard InChI is InChI=1S/C21H23FN2O2/c22-19-9-5-4-8-18(19)21(25)23-11-10-20-16(14-23)15-26-13-12-24(20)17-6-2-1-3-7-17/h1-9,16,20H,10-15H2/t16-,20+/m1/s1. The van der Waals surface area contributed by atoms with Crippen molar-refractivity contribution in [2.24, 2.45) is 5.92 Å². The molecule has 0 aliphatic carbocycles. The smallest absolute Gasteiger partial charge is 0.256 e. The van der Waals surface area contributed by atoms with E-state index in [1.807, 2.05) is 18.2 Å².